The van der Waals surface area contributed by atoms with Crippen molar-refractivity contribution in [2.75, 3.05) is 6.61 Å². The molecule has 0 heterocycles. The molecule has 0 spiro atoms. The largest absolute Gasteiger partial charge is 1.00 e. The van der Waals surface area contributed by atoms with Crippen LogP contribution in [0.4, 0.5) is 0 Å². The molecule has 1 N–H and O–H groups in total. The van der Waals surface area contributed by atoms with Crippen LogP contribution in [0.15, 0.2) is 0 Å². The van der Waals surface area contributed by atoms with Gasteiger partial charge in [0.15, 0.2) is 0 Å². The van der Waals surface area contributed by atoms with Gasteiger partial charge in [-0.1, -0.05) is 0 Å². The Morgan fingerprint density at radius 2 is 2.00 bits per heavy atom. The van der Waals surface area contributed by atoms with Crippen LogP contribution >= 0.6 is 0 Å². The topological polar surface area (TPSA) is 20.2 Å². The monoisotopic (exact) mass is 70.0 g/mol. The summed E-state index contributed by atoms with van der Waals surface area (Å²) in [5, 5.41) is 7.57. The zero-order chi connectivity index (χ0) is 2.71. The maximum atomic E-state index is 7.57. The maximum absolute atomic E-state index is 7.57. The van der Waals surface area contributed by atoms with E-state index in [1.807, 2.05) is 0 Å². The van der Waals surface area contributed by atoms with Crippen molar-refractivity contribution in [1.29, 1.82) is 0 Å². The molecule has 4 heavy (non-hydrogen) atoms. The Labute approximate surface area is 49.8 Å². The first-order valence-corrected chi connectivity index (χ1v) is 1.02. The van der Waals surface area contributed by atoms with E-state index in [4.69, 9.17) is 5.11 Å². The fourth-order valence-corrected chi connectivity index (χ4v) is 0. The molecule has 0 atom stereocenters. The summed E-state index contributed by atoms with van der Waals surface area (Å²) in [4.78, 5) is 0. The van der Waals surface area contributed by atoms with E-state index in [1.165, 1.54) is 0 Å². The van der Waals surface area contributed by atoms with Crippen LogP contribution in [0, 0.1) is 0 Å². The van der Waals surface area contributed by atoms with Gasteiger partial charge in [-0.25, -0.2) is 0 Å². The standard InChI is InChI=1S/C2H6O.Na.H/c1-2-3;;/h3H,2H2,1H3;;/q;+1;-1. The quantitative estimate of drug-likeness (QED) is 0.303. The summed E-state index contributed by atoms with van der Waals surface area (Å²) in [6.07, 6.45) is 0. The second kappa shape index (κ2) is 9.03. The van der Waals surface area contributed by atoms with Crippen LogP contribution in [-0.2, 0) is 0 Å². The van der Waals surface area contributed by atoms with Crippen molar-refractivity contribution >= 4 is 0 Å². The van der Waals surface area contributed by atoms with Gasteiger partial charge in [0.1, 0.15) is 0 Å². The molecule has 0 fully saturated rings. The normalized spacial score (nSPS) is 4.50. The molecule has 0 aliphatic heterocycles. The molecule has 0 unspecified atom stereocenters. The van der Waals surface area contributed by atoms with E-state index in [0.29, 0.717) is 0 Å². The first kappa shape index (κ1) is 8.88. The van der Waals surface area contributed by atoms with Gasteiger partial charge in [0, 0.05) is 6.61 Å². The fraction of sp³-hybridized carbons (Fsp3) is 1.00. The van der Waals surface area contributed by atoms with Crippen molar-refractivity contribution < 1.29 is 36.1 Å². The minimum absolute atomic E-state index is 0. The average Bonchev–Trinajstić information content (AvgIpc) is 0.918. The zero-order valence-corrected chi connectivity index (χ0v) is 5.15. The van der Waals surface area contributed by atoms with Crippen molar-refractivity contribution in [3.05, 3.63) is 0 Å². The van der Waals surface area contributed by atoms with Crippen LogP contribution < -0.4 is 29.6 Å². The molecule has 0 aromatic carbocycles. The summed E-state index contributed by atoms with van der Waals surface area (Å²) >= 11 is 0. The Balaban J connectivity index is -0.0000000200. The molecule has 1 nitrogen and oxygen atoms in total. The van der Waals surface area contributed by atoms with Crippen LogP contribution in [0.5, 0.6) is 0 Å². The second-order valence-electron chi connectivity index (χ2n) is 0.316. The van der Waals surface area contributed by atoms with E-state index in [2.05, 4.69) is 0 Å². The predicted octanol–water partition coefficient (Wildman–Crippen LogP) is -2.88. The predicted molar refractivity (Wildman–Crippen MR) is 13.9 cm³/mol. The fourth-order valence-electron chi connectivity index (χ4n) is 0. The molecule has 0 amide bonds. The van der Waals surface area contributed by atoms with E-state index in [1.54, 1.807) is 6.92 Å². The minimum Gasteiger partial charge on any atom is -1.00 e. The number of hydrogen-bond acceptors (Lipinski definition) is 1. The first-order valence-electron chi connectivity index (χ1n) is 1.02. The minimum atomic E-state index is 0. The third-order valence-corrected chi connectivity index (χ3v) is 0. The van der Waals surface area contributed by atoms with Gasteiger partial charge in [-0.05, 0) is 6.92 Å². The van der Waals surface area contributed by atoms with Crippen molar-refractivity contribution in [1.82, 2.24) is 0 Å². The Morgan fingerprint density at radius 3 is 2.00 bits per heavy atom. The van der Waals surface area contributed by atoms with Crippen molar-refractivity contribution in [2.24, 2.45) is 0 Å². The van der Waals surface area contributed by atoms with Crippen LogP contribution in [0.25, 0.3) is 0 Å². The summed E-state index contributed by atoms with van der Waals surface area (Å²) in [6, 6.07) is 0. The van der Waals surface area contributed by atoms with Crippen LogP contribution in [0.1, 0.15) is 8.35 Å². The van der Waals surface area contributed by atoms with Gasteiger partial charge in [0.25, 0.3) is 0 Å². The van der Waals surface area contributed by atoms with E-state index in [0.717, 1.165) is 0 Å². The Morgan fingerprint density at radius 1 is 2.00 bits per heavy atom. The van der Waals surface area contributed by atoms with Gasteiger partial charge in [-0.2, -0.15) is 0 Å². The SMILES string of the molecule is CCO.[H-].[Na+]. The van der Waals surface area contributed by atoms with Gasteiger partial charge >= 0.3 is 29.6 Å². The number of rotatable bonds is 0. The third kappa shape index (κ3) is 12.3. The number of aliphatic hydroxyl groups excluding tert-OH is 1. The van der Waals surface area contributed by atoms with Gasteiger partial charge < -0.3 is 6.53 Å². The van der Waals surface area contributed by atoms with Crippen molar-refractivity contribution in [3.63, 3.8) is 0 Å². The molecular formula is C2H7NaO. The number of hydrogen-bond donors (Lipinski definition) is 1. The van der Waals surface area contributed by atoms with E-state index in [9.17, 15) is 0 Å². The molecule has 0 radical (unpaired) electrons. The molecule has 0 saturated carbocycles. The number of aliphatic hydroxyl groups is 1. The first-order chi connectivity index (χ1) is 1.41. The maximum Gasteiger partial charge on any atom is 1.00 e. The van der Waals surface area contributed by atoms with Gasteiger partial charge in [-0.3, -0.25) is 0 Å². The van der Waals surface area contributed by atoms with Gasteiger partial charge in [0.05, 0.1) is 0 Å². The molecule has 0 rings (SSSR count). The summed E-state index contributed by atoms with van der Waals surface area (Å²) < 4.78 is 0. The summed E-state index contributed by atoms with van der Waals surface area (Å²) in [5.41, 5.74) is 0. The molecule has 0 aromatic rings. The zero-order valence-electron chi connectivity index (χ0n) is 4.15. The molecule has 22 valence electrons. The van der Waals surface area contributed by atoms with Crippen molar-refractivity contribution in [3.8, 4) is 0 Å². The van der Waals surface area contributed by atoms with E-state index >= 15 is 0 Å². The molecular weight excluding hydrogens is 63.0 g/mol. The smallest absolute Gasteiger partial charge is 1.00 e. The van der Waals surface area contributed by atoms with E-state index in [-0.39, 0.29) is 37.6 Å². The Hall–Kier alpha value is 0.960. The summed E-state index contributed by atoms with van der Waals surface area (Å²) in [7, 11) is 0. The van der Waals surface area contributed by atoms with Crippen LogP contribution in [-0.4, -0.2) is 11.7 Å². The van der Waals surface area contributed by atoms with Gasteiger partial charge in [-0.15, -0.1) is 0 Å². The molecule has 0 aliphatic carbocycles. The summed E-state index contributed by atoms with van der Waals surface area (Å²) in [6.45, 7) is 1.93. The third-order valence-electron chi connectivity index (χ3n) is 0. The molecule has 0 aromatic heterocycles. The molecule has 2 heteroatoms. The van der Waals surface area contributed by atoms with Crippen LogP contribution in [0.3, 0.4) is 0 Å². The Kier molecular flexibility index (Phi) is 20.0. The Bertz CT molecular complexity index is 9.61. The molecule has 0 aliphatic rings. The van der Waals surface area contributed by atoms with E-state index < -0.39 is 0 Å². The second-order valence-corrected chi connectivity index (χ2v) is 0.316. The average molecular weight is 70.1 g/mol. The van der Waals surface area contributed by atoms with Gasteiger partial charge in [0.2, 0.25) is 0 Å². The van der Waals surface area contributed by atoms with Crippen molar-refractivity contribution in [2.45, 2.75) is 6.92 Å². The molecule has 0 bridgehead atoms. The van der Waals surface area contributed by atoms with Crippen LogP contribution in [0.2, 0.25) is 0 Å². The summed E-state index contributed by atoms with van der Waals surface area (Å²) in [5.74, 6) is 0. The molecule has 0 saturated heterocycles.